The van der Waals surface area contributed by atoms with Gasteiger partial charge in [0.15, 0.2) is 11.2 Å². The van der Waals surface area contributed by atoms with Crippen LogP contribution in [-0.4, -0.2) is 54.0 Å². The van der Waals surface area contributed by atoms with Gasteiger partial charge in [-0.3, -0.25) is 4.68 Å². The molecule has 4 aromatic rings. The van der Waals surface area contributed by atoms with Gasteiger partial charge in [-0.25, -0.2) is 9.37 Å². The van der Waals surface area contributed by atoms with Crippen molar-refractivity contribution in [3.63, 3.8) is 0 Å². The fourth-order valence-corrected chi connectivity index (χ4v) is 4.02. The molecule has 0 unspecified atom stereocenters. The molecule has 1 aromatic carbocycles. The van der Waals surface area contributed by atoms with Crippen LogP contribution in [0.1, 0.15) is 32.6 Å². The summed E-state index contributed by atoms with van der Waals surface area (Å²) in [5.41, 5.74) is 2.82. The van der Waals surface area contributed by atoms with Crippen molar-refractivity contribution < 1.29 is 9.13 Å². The molecule has 1 saturated carbocycles. The predicted molar refractivity (Wildman–Crippen MR) is 118 cm³/mol. The number of nitrogens with zero attached hydrogens (tertiary/aromatic N) is 7. The van der Waals surface area contributed by atoms with Crippen LogP contribution >= 0.6 is 0 Å². The number of aromatic nitrogens is 7. The first-order valence-corrected chi connectivity index (χ1v) is 11.0. The number of fused-ring (bicyclic) bond motifs is 1. The Labute approximate surface area is 184 Å². The van der Waals surface area contributed by atoms with Gasteiger partial charge in [-0.2, -0.15) is 14.8 Å². The molecule has 166 valence electrons. The number of anilines is 1. The lowest BCUT2D eigenvalue weighted by Crippen LogP contribution is -2.16. The lowest BCUT2D eigenvalue weighted by molar-refractivity contribution is 0.136. The van der Waals surface area contributed by atoms with E-state index in [0.717, 1.165) is 12.8 Å². The lowest BCUT2D eigenvalue weighted by atomic mass is 10.1. The Morgan fingerprint density at radius 3 is 2.91 bits per heavy atom. The minimum Gasteiger partial charge on any atom is -0.380 e. The molecule has 10 heteroatoms. The van der Waals surface area contributed by atoms with Gasteiger partial charge in [0.2, 0.25) is 5.95 Å². The summed E-state index contributed by atoms with van der Waals surface area (Å²) >= 11 is 0. The van der Waals surface area contributed by atoms with Gasteiger partial charge in [-0.1, -0.05) is 18.1 Å². The van der Waals surface area contributed by atoms with Crippen LogP contribution in [0, 0.1) is 5.82 Å². The van der Waals surface area contributed by atoms with Crippen LogP contribution in [0.2, 0.25) is 0 Å². The van der Waals surface area contributed by atoms with Crippen molar-refractivity contribution in [2.45, 2.75) is 45.2 Å². The molecule has 1 aliphatic carbocycles. The highest BCUT2D eigenvalue weighted by Crippen LogP contribution is 2.26. The lowest BCUT2D eigenvalue weighted by Gasteiger charge is -2.11. The Kier molecular flexibility index (Phi) is 5.76. The molecule has 3 aromatic heterocycles. The van der Waals surface area contributed by atoms with Crippen LogP contribution in [0.15, 0.2) is 36.8 Å². The summed E-state index contributed by atoms with van der Waals surface area (Å²) in [6.45, 7) is 3.79. The van der Waals surface area contributed by atoms with Crippen LogP contribution in [0.5, 0.6) is 0 Å². The minimum absolute atomic E-state index is 0.367. The first kappa shape index (κ1) is 20.5. The summed E-state index contributed by atoms with van der Waals surface area (Å²) in [5, 5.41) is 16.0. The number of rotatable bonds is 8. The van der Waals surface area contributed by atoms with E-state index in [1.165, 1.54) is 23.6 Å². The number of hydrogen-bond acceptors (Lipinski definition) is 7. The van der Waals surface area contributed by atoms with Crippen molar-refractivity contribution in [2.75, 3.05) is 18.5 Å². The zero-order chi connectivity index (χ0) is 21.9. The molecular weight excluding hydrogens is 411 g/mol. The Morgan fingerprint density at radius 1 is 1.22 bits per heavy atom. The number of benzene rings is 1. The fourth-order valence-electron chi connectivity index (χ4n) is 4.02. The van der Waals surface area contributed by atoms with Gasteiger partial charge < -0.3 is 10.1 Å². The highest BCUT2D eigenvalue weighted by atomic mass is 19.1. The highest BCUT2D eigenvalue weighted by molar-refractivity contribution is 5.72. The van der Waals surface area contributed by atoms with E-state index >= 15 is 4.39 Å². The average Bonchev–Trinajstić information content (AvgIpc) is 3.55. The summed E-state index contributed by atoms with van der Waals surface area (Å²) in [5.74, 6) is 0.179. The monoisotopic (exact) mass is 436 g/mol. The molecule has 0 radical (unpaired) electrons. The second-order valence-corrected chi connectivity index (χ2v) is 7.88. The van der Waals surface area contributed by atoms with Crippen LogP contribution in [-0.2, 0) is 11.3 Å². The molecule has 9 nitrogen and oxygen atoms in total. The predicted octanol–water partition coefficient (Wildman–Crippen LogP) is 3.60. The van der Waals surface area contributed by atoms with Crippen molar-refractivity contribution in [3.8, 4) is 16.8 Å². The van der Waals surface area contributed by atoms with Gasteiger partial charge in [-0.15, -0.1) is 5.10 Å². The molecule has 0 spiro atoms. The van der Waals surface area contributed by atoms with E-state index in [-0.39, 0.29) is 5.82 Å². The van der Waals surface area contributed by atoms with Crippen molar-refractivity contribution in [3.05, 3.63) is 42.6 Å². The van der Waals surface area contributed by atoms with Gasteiger partial charge in [0.25, 0.3) is 0 Å². The first-order chi connectivity index (χ1) is 15.7. The van der Waals surface area contributed by atoms with Crippen molar-refractivity contribution >= 4 is 17.1 Å². The summed E-state index contributed by atoms with van der Waals surface area (Å²) in [4.78, 5) is 8.94. The average molecular weight is 436 g/mol. The molecule has 1 N–H and O–H groups in total. The third-order valence-electron chi connectivity index (χ3n) is 5.69. The quantitative estimate of drug-likeness (QED) is 0.422. The van der Waals surface area contributed by atoms with E-state index in [2.05, 4.69) is 30.7 Å². The van der Waals surface area contributed by atoms with E-state index in [1.54, 1.807) is 29.2 Å². The third-order valence-corrected chi connectivity index (χ3v) is 5.69. The number of halogens is 1. The largest absolute Gasteiger partial charge is 0.380 e. The normalized spacial score (nSPS) is 14.4. The summed E-state index contributed by atoms with van der Waals surface area (Å²) in [6.07, 6.45) is 9.79. The van der Waals surface area contributed by atoms with Crippen LogP contribution in [0.4, 0.5) is 10.3 Å². The fraction of sp³-hybridized carbons (Fsp3) is 0.409. The van der Waals surface area contributed by atoms with E-state index in [9.17, 15) is 0 Å². The Bertz CT molecular complexity index is 1210. The molecule has 1 fully saturated rings. The van der Waals surface area contributed by atoms with Crippen LogP contribution in [0.25, 0.3) is 28.0 Å². The van der Waals surface area contributed by atoms with Gasteiger partial charge >= 0.3 is 0 Å². The number of nitrogens with one attached hydrogen (secondary N) is 1. The molecule has 0 aliphatic heterocycles. The SMILES string of the molecule is CCOCCn1cc(-c2ccc(-n3nnc4cnc(NC5CCCC5)nc43)cc2F)cn1. The molecule has 0 saturated heterocycles. The first-order valence-electron chi connectivity index (χ1n) is 11.0. The molecule has 0 atom stereocenters. The second-order valence-electron chi connectivity index (χ2n) is 7.88. The summed E-state index contributed by atoms with van der Waals surface area (Å²) in [7, 11) is 0. The number of hydrogen-bond donors (Lipinski definition) is 1. The minimum atomic E-state index is -0.367. The third kappa shape index (κ3) is 4.18. The van der Waals surface area contributed by atoms with Crippen LogP contribution in [0.3, 0.4) is 0 Å². The van der Waals surface area contributed by atoms with Crippen LogP contribution < -0.4 is 5.32 Å². The highest BCUT2D eigenvalue weighted by Gasteiger charge is 2.18. The standard InChI is InChI=1S/C22H25FN8O/c1-2-32-10-9-30-14-15(12-25-30)18-8-7-17(11-19(18)23)31-21-20(28-29-31)13-24-22(27-21)26-16-5-3-4-6-16/h7-8,11-14,16H,2-6,9-10H2,1H3,(H,24,26,27). The smallest absolute Gasteiger partial charge is 0.225 e. The maximum Gasteiger partial charge on any atom is 0.225 e. The maximum absolute atomic E-state index is 15.0. The molecular formula is C22H25FN8O. The topological polar surface area (TPSA) is 95.6 Å². The zero-order valence-electron chi connectivity index (χ0n) is 17.9. The van der Waals surface area contributed by atoms with Gasteiger partial charge in [0.05, 0.1) is 31.2 Å². The van der Waals surface area contributed by atoms with E-state index in [0.29, 0.717) is 59.7 Å². The zero-order valence-corrected chi connectivity index (χ0v) is 17.9. The van der Waals surface area contributed by atoms with Gasteiger partial charge in [0.1, 0.15) is 5.82 Å². The second kappa shape index (κ2) is 8.99. The molecule has 0 amide bonds. The Morgan fingerprint density at radius 2 is 2.09 bits per heavy atom. The van der Waals surface area contributed by atoms with E-state index in [1.807, 2.05) is 13.1 Å². The summed E-state index contributed by atoms with van der Waals surface area (Å²) in [6, 6.07) is 5.35. The number of ether oxygens (including phenoxy) is 1. The van der Waals surface area contributed by atoms with Crippen molar-refractivity contribution in [2.24, 2.45) is 0 Å². The molecule has 1 aliphatic rings. The molecule has 5 rings (SSSR count). The van der Waals surface area contributed by atoms with Crippen molar-refractivity contribution in [1.29, 1.82) is 0 Å². The maximum atomic E-state index is 15.0. The summed E-state index contributed by atoms with van der Waals surface area (Å²) < 4.78 is 23.7. The van der Waals surface area contributed by atoms with E-state index in [4.69, 9.17) is 4.74 Å². The molecule has 3 heterocycles. The Hall–Kier alpha value is -3.40. The van der Waals surface area contributed by atoms with Gasteiger partial charge in [0, 0.05) is 36.0 Å². The van der Waals surface area contributed by atoms with Crippen molar-refractivity contribution in [1.82, 2.24) is 34.7 Å². The van der Waals surface area contributed by atoms with Gasteiger partial charge in [-0.05, 0) is 31.9 Å². The molecule has 32 heavy (non-hydrogen) atoms. The Balaban J connectivity index is 1.40. The van der Waals surface area contributed by atoms with E-state index < -0.39 is 0 Å². The molecule has 0 bridgehead atoms.